The van der Waals surface area contributed by atoms with Crippen molar-refractivity contribution in [2.45, 2.75) is 37.9 Å². The van der Waals surface area contributed by atoms with Crippen molar-refractivity contribution in [2.75, 3.05) is 12.3 Å². The molecule has 0 bridgehead atoms. The molecular formula is C18H21N7O5. The first-order chi connectivity index (χ1) is 14.4. The van der Waals surface area contributed by atoms with Crippen molar-refractivity contribution in [2.24, 2.45) is 10.2 Å². The third kappa shape index (κ3) is 3.45. The summed E-state index contributed by atoms with van der Waals surface area (Å²) >= 11 is 0. The third-order valence-electron chi connectivity index (χ3n) is 4.92. The summed E-state index contributed by atoms with van der Waals surface area (Å²) in [7, 11) is 0. The summed E-state index contributed by atoms with van der Waals surface area (Å²) in [5.41, 5.74) is 6.65. The lowest BCUT2D eigenvalue weighted by Gasteiger charge is -2.17. The number of aromatic nitrogens is 4. The van der Waals surface area contributed by atoms with Gasteiger partial charge in [-0.15, -0.1) is 10.2 Å². The summed E-state index contributed by atoms with van der Waals surface area (Å²) < 4.78 is 6.80. The van der Waals surface area contributed by atoms with Crippen LogP contribution in [0.5, 0.6) is 0 Å². The molecule has 3 aromatic rings. The number of aromatic amines is 1. The van der Waals surface area contributed by atoms with Crippen LogP contribution in [0.25, 0.3) is 11.2 Å². The lowest BCUT2D eigenvalue weighted by atomic mass is 10.1. The molecule has 1 unspecified atom stereocenters. The summed E-state index contributed by atoms with van der Waals surface area (Å²) in [6.45, 7) is 1.52. The Morgan fingerprint density at radius 3 is 2.57 bits per heavy atom. The Labute approximate surface area is 169 Å². The number of fused-ring (bicyclic) bond motifs is 1. The highest BCUT2D eigenvalue weighted by Crippen LogP contribution is 2.35. The zero-order chi connectivity index (χ0) is 21.4. The van der Waals surface area contributed by atoms with Crippen molar-refractivity contribution < 1.29 is 20.1 Å². The predicted octanol–water partition coefficient (Wildman–Crippen LogP) is 0.291. The van der Waals surface area contributed by atoms with Gasteiger partial charge in [-0.2, -0.15) is 4.98 Å². The SMILES string of the molecule is CCc1ccc(/N=N/c2nc3c(=O)[nH]c(N)nc3n2[C@@H]2O[C@H](CO)C(O)[C@@H]2O)cc1. The number of aliphatic hydroxyl groups is 3. The molecule has 0 amide bonds. The molecule has 4 atom stereocenters. The number of anilines is 1. The highest BCUT2D eigenvalue weighted by Gasteiger charge is 2.45. The number of aliphatic hydroxyl groups excluding tert-OH is 3. The van der Waals surface area contributed by atoms with Crippen molar-refractivity contribution in [3.63, 3.8) is 0 Å². The van der Waals surface area contributed by atoms with E-state index in [1.165, 1.54) is 4.57 Å². The summed E-state index contributed by atoms with van der Waals surface area (Å²) in [5.74, 6) is -0.248. The van der Waals surface area contributed by atoms with Crippen LogP contribution in [0.3, 0.4) is 0 Å². The number of nitrogen functional groups attached to an aromatic ring is 1. The number of nitrogens with zero attached hydrogens (tertiary/aromatic N) is 5. The lowest BCUT2D eigenvalue weighted by molar-refractivity contribution is -0.0503. The number of ether oxygens (including phenoxy) is 1. The first kappa shape index (κ1) is 20.1. The molecule has 0 spiro atoms. The van der Waals surface area contributed by atoms with E-state index >= 15 is 0 Å². The number of nitrogens with two attached hydrogens (primary N) is 1. The average molecular weight is 415 g/mol. The molecule has 12 heteroatoms. The second-order valence-corrected chi connectivity index (χ2v) is 6.85. The van der Waals surface area contributed by atoms with Crippen LogP contribution in [0.4, 0.5) is 17.6 Å². The van der Waals surface area contributed by atoms with Crippen LogP contribution < -0.4 is 11.3 Å². The third-order valence-corrected chi connectivity index (χ3v) is 4.92. The van der Waals surface area contributed by atoms with E-state index in [0.29, 0.717) is 5.69 Å². The number of rotatable bonds is 5. The molecule has 4 rings (SSSR count). The van der Waals surface area contributed by atoms with Gasteiger partial charge in [-0.25, -0.2) is 4.98 Å². The summed E-state index contributed by atoms with van der Waals surface area (Å²) in [4.78, 5) is 22.9. The number of hydrogen-bond acceptors (Lipinski definition) is 10. The molecule has 0 aliphatic carbocycles. The van der Waals surface area contributed by atoms with Gasteiger partial charge in [0, 0.05) is 0 Å². The fourth-order valence-corrected chi connectivity index (χ4v) is 3.29. The van der Waals surface area contributed by atoms with Crippen molar-refractivity contribution in [3.05, 3.63) is 40.2 Å². The van der Waals surface area contributed by atoms with Crippen LogP contribution in [0.1, 0.15) is 18.7 Å². The van der Waals surface area contributed by atoms with E-state index in [1.54, 1.807) is 12.1 Å². The molecule has 3 heterocycles. The zero-order valence-corrected chi connectivity index (χ0v) is 16.0. The van der Waals surface area contributed by atoms with Gasteiger partial charge in [0.2, 0.25) is 5.95 Å². The second-order valence-electron chi connectivity index (χ2n) is 6.85. The van der Waals surface area contributed by atoms with Gasteiger partial charge < -0.3 is 25.8 Å². The molecule has 12 nitrogen and oxygen atoms in total. The van der Waals surface area contributed by atoms with E-state index < -0.39 is 36.7 Å². The number of imidazole rings is 1. The van der Waals surface area contributed by atoms with Gasteiger partial charge in [0.25, 0.3) is 11.5 Å². The van der Waals surface area contributed by atoms with Gasteiger partial charge in [0.05, 0.1) is 12.3 Å². The number of H-pyrrole nitrogens is 1. The Morgan fingerprint density at radius 1 is 1.20 bits per heavy atom. The highest BCUT2D eigenvalue weighted by atomic mass is 16.6. The second kappa shape index (κ2) is 7.91. The van der Waals surface area contributed by atoms with Gasteiger partial charge in [-0.3, -0.25) is 14.3 Å². The van der Waals surface area contributed by atoms with Gasteiger partial charge in [0.1, 0.15) is 18.3 Å². The molecule has 2 aromatic heterocycles. The van der Waals surface area contributed by atoms with E-state index in [0.717, 1.165) is 12.0 Å². The molecule has 158 valence electrons. The first-order valence-corrected chi connectivity index (χ1v) is 9.33. The van der Waals surface area contributed by atoms with Gasteiger partial charge in [-0.1, -0.05) is 19.1 Å². The number of nitrogens with one attached hydrogen (secondary N) is 1. The highest BCUT2D eigenvalue weighted by molar-refractivity contribution is 5.74. The Balaban J connectivity index is 1.82. The number of hydrogen-bond donors (Lipinski definition) is 5. The first-order valence-electron chi connectivity index (χ1n) is 9.33. The smallest absolute Gasteiger partial charge is 0.280 e. The number of aryl methyl sites for hydroxylation is 1. The van der Waals surface area contributed by atoms with Crippen molar-refractivity contribution in [3.8, 4) is 0 Å². The minimum Gasteiger partial charge on any atom is -0.394 e. The van der Waals surface area contributed by atoms with Gasteiger partial charge in [0.15, 0.2) is 17.4 Å². The maximum atomic E-state index is 12.3. The van der Waals surface area contributed by atoms with Crippen LogP contribution in [-0.4, -0.2) is 59.8 Å². The van der Waals surface area contributed by atoms with E-state index in [-0.39, 0.29) is 23.1 Å². The van der Waals surface area contributed by atoms with Crippen molar-refractivity contribution >= 4 is 28.7 Å². The summed E-state index contributed by atoms with van der Waals surface area (Å²) in [6.07, 6.45) is -4.16. The fourth-order valence-electron chi connectivity index (χ4n) is 3.29. The minimum absolute atomic E-state index is 0.00127. The van der Waals surface area contributed by atoms with Crippen LogP contribution >= 0.6 is 0 Å². The quantitative estimate of drug-likeness (QED) is 0.368. The Bertz CT molecular complexity index is 1140. The Morgan fingerprint density at radius 2 is 1.93 bits per heavy atom. The predicted molar refractivity (Wildman–Crippen MR) is 106 cm³/mol. The van der Waals surface area contributed by atoms with Crippen LogP contribution in [0, 0.1) is 0 Å². The molecular weight excluding hydrogens is 394 g/mol. The molecule has 1 aliphatic rings. The summed E-state index contributed by atoms with van der Waals surface area (Å²) in [5, 5.41) is 38.2. The van der Waals surface area contributed by atoms with E-state index in [4.69, 9.17) is 10.5 Å². The minimum atomic E-state index is -1.43. The zero-order valence-electron chi connectivity index (χ0n) is 16.0. The van der Waals surface area contributed by atoms with Crippen LogP contribution in [0.15, 0.2) is 39.3 Å². The molecule has 1 aliphatic heterocycles. The molecule has 30 heavy (non-hydrogen) atoms. The number of azo groups is 1. The molecule has 1 fully saturated rings. The van der Waals surface area contributed by atoms with Crippen LogP contribution in [0.2, 0.25) is 0 Å². The van der Waals surface area contributed by atoms with Crippen molar-refractivity contribution in [1.82, 2.24) is 19.5 Å². The average Bonchev–Trinajstić information content (AvgIpc) is 3.24. The fraction of sp³-hybridized carbons (Fsp3) is 0.389. The molecule has 6 N–H and O–H groups in total. The molecule has 0 radical (unpaired) electrons. The summed E-state index contributed by atoms with van der Waals surface area (Å²) in [6, 6.07) is 7.39. The molecule has 0 saturated carbocycles. The van der Waals surface area contributed by atoms with E-state index in [9.17, 15) is 20.1 Å². The largest absolute Gasteiger partial charge is 0.394 e. The standard InChI is InChI=1S/C18H21N7O5/c1-2-8-3-5-9(6-4-8)23-24-18-20-11-14(21-17(19)22-15(11)29)25(18)16-13(28)12(27)10(7-26)30-16/h3-6,10,12-13,16,26-28H,2,7H2,1H3,(H3,19,21,22,29)/b24-23+/t10-,12?,13+,16-/m1/s1. The Hall–Kier alpha value is -3.19. The lowest BCUT2D eigenvalue weighted by Crippen LogP contribution is -2.33. The van der Waals surface area contributed by atoms with Crippen molar-refractivity contribution in [1.29, 1.82) is 0 Å². The Kier molecular flexibility index (Phi) is 5.30. The van der Waals surface area contributed by atoms with Crippen LogP contribution in [-0.2, 0) is 11.2 Å². The maximum absolute atomic E-state index is 12.3. The topological polar surface area (TPSA) is 184 Å². The van der Waals surface area contributed by atoms with Gasteiger partial charge in [-0.05, 0) is 24.1 Å². The normalized spacial score (nSPS) is 24.3. The van der Waals surface area contributed by atoms with E-state index in [1.807, 2.05) is 19.1 Å². The maximum Gasteiger partial charge on any atom is 0.280 e. The van der Waals surface area contributed by atoms with Gasteiger partial charge >= 0.3 is 0 Å². The number of benzene rings is 1. The monoisotopic (exact) mass is 415 g/mol. The molecule has 1 aromatic carbocycles. The van der Waals surface area contributed by atoms with E-state index in [2.05, 4.69) is 25.2 Å². The molecule has 1 saturated heterocycles.